The highest BCUT2D eigenvalue weighted by Gasteiger charge is 2.12. The highest BCUT2D eigenvalue weighted by Crippen LogP contribution is 2.10. The van der Waals surface area contributed by atoms with Crippen LogP contribution in [-0.2, 0) is 6.42 Å². The van der Waals surface area contributed by atoms with Crippen molar-refractivity contribution in [2.45, 2.75) is 31.7 Å². The van der Waals surface area contributed by atoms with E-state index in [1.807, 2.05) is 6.20 Å². The average molecular weight is 165 g/mol. The number of hydrogen-bond acceptors (Lipinski definition) is 2. The van der Waals surface area contributed by atoms with Crippen LogP contribution in [0.3, 0.4) is 0 Å². The molecule has 0 aromatic carbocycles. The molecule has 1 unspecified atom stereocenters. The van der Waals surface area contributed by atoms with Gasteiger partial charge in [-0.05, 0) is 25.5 Å². The molecule has 3 heteroatoms. The summed E-state index contributed by atoms with van der Waals surface area (Å²) in [4.78, 5) is 0. The van der Waals surface area contributed by atoms with E-state index in [1.165, 1.54) is 31.5 Å². The molecule has 1 aliphatic rings. The second kappa shape index (κ2) is 3.72. The fourth-order valence-corrected chi connectivity index (χ4v) is 1.76. The lowest BCUT2D eigenvalue weighted by Crippen LogP contribution is -2.35. The number of rotatable bonds is 2. The molecule has 0 amide bonds. The van der Waals surface area contributed by atoms with Crippen molar-refractivity contribution >= 4 is 0 Å². The van der Waals surface area contributed by atoms with Crippen LogP contribution in [0.25, 0.3) is 0 Å². The predicted octanol–water partition coefficient (Wildman–Crippen LogP) is 1.09. The van der Waals surface area contributed by atoms with Crippen LogP contribution in [0.5, 0.6) is 0 Å². The lowest BCUT2D eigenvalue weighted by molar-refractivity contribution is 0.397. The van der Waals surface area contributed by atoms with Gasteiger partial charge >= 0.3 is 0 Å². The maximum Gasteiger partial charge on any atom is 0.0490 e. The number of nitrogens with one attached hydrogen (secondary N) is 2. The van der Waals surface area contributed by atoms with E-state index < -0.39 is 0 Å². The zero-order chi connectivity index (χ0) is 8.23. The van der Waals surface area contributed by atoms with Crippen LogP contribution in [0.4, 0.5) is 0 Å². The molecule has 1 aromatic heterocycles. The van der Waals surface area contributed by atoms with Crippen molar-refractivity contribution in [1.29, 1.82) is 0 Å². The van der Waals surface area contributed by atoms with Crippen LogP contribution in [0.15, 0.2) is 12.3 Å². The van der Waals surface area contributed by atoms with Crippen LogP contribution in [0.1, 0.15) is 25.0 Å². The topological polar surface area (TPSA) is 40.7 Å². The van der Waals surface area contributed by atoms with Crippen molar-refractivity contribution in [3.8, 4) is 0 Å². The Hall–Kier alpha value is -0.830. The summed E-state index contributed by atoms with van der Waals surface area (Å²) in [7, 11) is 0. The predicted molar refractivity (Wildman–Crippen MR) is 47.9 cm³/mol. The Morgan fingerprint density at radius 2 is 2.50 bits per heavy atom. The molecular formula is C9H15N3. The number of nitrogens with zero attached hydrogens (tertiary/aromatic N) is 1. The summed E-state index contributed by atoms with van der Waals surface area (Å²) in [5.41, 5.74) is 1.24. The van der Waals surface area contributed by atoms with Crippen molar-refractivity contribution in [1.82, 2.24) is 15.5 Å². The molecule has 66 valence electrons. The number of aromatic nitrogens is 2. The molecule has 12 heavy (non-hydrogen) atoms. The molecule has 1 fully saturated rings. The van der Waals surface area contributed by atoms with Crippen molar-refractivity contribution in [2.24, 2.45) is 0 Å². The molecule has 0 saturated carbocycles. The van der Waals surface area contributed by atoms with Crippen LogP contribution in [-0.4, -0.2) is 22.8 Å². The molecule has 1 aliphatic heterocycles. The fourth-order valence-electron chi connectivity index (χ4n) is 1.76. The van der Waals surface area contributed by atoms with E-state index in [4.69, 9.17) is 0 Å². The minimum Gasteiger partial charge on any atom is -0.314 e. The lowest BCUT2D eigenvalue weighted by Gasteiger charge is -2.22. The molecule has 3 nitrogen and oxygen atoms in total. The Labute approximate surface area is 72.6 Å². The van der Waals surface area contributed by atoms with Gasteiger partial charge in [-0.25, -0.2) is 0 Å². The van der Waals surface area contributed by atoms with E-state index >= 15 is 0 Å². The van der Waals surface area contributed by atoms with Gasteiger partial charge in [0.2, 0.25) is 0 Å². The molecular weight excluding hydrogens is 150 g/mol. The van der Waals surface area contributed by atoms with Gasteiger partial charge in [-0.2, -0.15) is 5.10 Å². The molecule has 0 bridgehead atoms. The molecule has 0 spiro atoms. The van der Waals surface area contributed by atoms with Gasteiger partial charge in [0.25, 0.3) is 0 Å². The van der Waals surface area contributed by atoms with E-state index in [1.54, 1.807) is 0 Å². The van der Waals surface area contributed by atoms with Gasteiger partial charge in [0.1, 0.15) is 0 Å². The van der Waals surface area contributed by atoms with E-state index in [9.17, 15) is 0 Å². The van der Waals surface area contributed by atoms with Gasteiger partial charge in [0.15, 0.2) is 0 Å². The first kappa shape index (κ1) is 7.80. The normalized spacial score (nSPS) is 24.2. The first-order valence-corrected chi connectivity index (χ1v) is 4.67. The molecule has 2 N–H and O–H groups in total. The summed E-state index contributed by atoms with van der Waals surface area (Å²) < 4.78 is 0. The Morgan fingerprint density at radius 1 is 1.50 bits per heavy atom. The lowest BCUT2D eigenvalue weighted by atomic mass is 10.0. The first-order valence-electron chi connectivity index (χ1n) is 4.67. The van der Waals surface area contributed by atoms with Crippen molar-refractivity contribution in [2.75, 3.05) is 6.54 Å². The number of aromatic amines is 1. The molecule has 0 aliphatic carbocycles. The van der Waals surface area contributed by atoms with E-state index in [-0.39, 0.29) is 0 Å². The minimum atomic E-state index is 0.666. The summed E-state index contributed by atoms with van der Waals surface area (Å²) in [6, 6.07) is 2.72. The Balaban J connectivity index is 1.86. The summed E-state index contributed by atoms with van der Waals surface area (Å²) in [5, 5.41) is 10.4. The van der Waals surface area contributed by atoms with E-state index in [2.05, 4.69) is 21.6 Å². The maximum absolute atomic E-state index is 3.93. The fraction of sp³-hybridized carbons (Fsp3) is 0.667. The second-order valence-corrected chi connectivity index (χ2v) is 3.43. The zero-order valence-electron chi connectivity index (χ0n) is 7.21. The quantitative estimate of drug-likeness (QED) is 0.688. The Bertz CT molecular complexity index is 212. The monoisotopic (exact) mass is 165 g/mol. The molecule has 1 saturated heterocycles. The standard InChI is InChI=1S/C9H15N3/c1-2-5-10-8(3-1)7-9-4-6-11-12-9/h4,6,8,10H,1-3,5,7H2,(H,11,12). The Kier molecular flexibility index (Phi) is 2.42. The van der Waals surface area contributed by atoms with Crippen molar-refractivity contribution in [3.05, 3.63) is 18.0 Å². The molecule has 1 atom stereocenters. The molecule has 2 rings (SSSR count). The van der Waals surface area contributed by atoms with Crippen molar-refractivity contribution in [3.63, 3.8) is 0 Å². The SMILES string of the molecule is c1cc(CC2CCCCN2)[nH]n1. The molecule has 2 heterocycles. The summed E-state index contributed by atoms with van der Waals surface area (Å²) in [6.07, 6.45) is 6.92. The zero-order valence-corrected chi connectivity index (χ0v) is 7.21. The van der Waals surface area contributed by atoms with Crippen LogP contribution in [0.2, 0.25) is 0 Å². The minimum absolute atomic E-state index is 0.666. The Morgan fingerprint density at radius 3 is 3.17 bits per heavy atom. The second-order valence-electron chi connectivity index (χ2n) is 3.43. The van der Waals surface area contributed by atoms with E-state index in [0.29, 0.717) is 6.04 Å². The first-order chi connectivity index (χ1) is 5.95. The maximum atomic E-state index is 3.93. The van der Waals surface area contributed by atoms with E-state index in [0.717, 1.165) is 6.42 Å². The summed E-state index contributed by atoms with van der Waals surface area (Å²) in [6.45, 7) is 1.18. The number of hydrogen-bond donors (Lipinski definition) is 2. The molecule has 0 radical (unpaired) electrons. The highest BCUT2D eigenvalue weighted by molar-refractivity contribution is 5.00. The number of H-pyrrole nitrogens is 1. The smallest absolute Gasteiger partial charge is 0.0490 e. The largest absolute Gasteiger partial charge is 0.314 e. The van der Waals surface area contributed by atoms with Gasteiger partial charge in [0.05, 0.1) is 0 Å². The molecule has 1 aromatic rings. The third kappa shape index (κ3) is 1.85. The third-order valence-electron chi connectivity index (χ3n) is 2.44. The summed E-state index contributed by atoms with van der Waals surface area (Å²) >= 11 is 0. The number of piperidine rings is 1. The average Bonchev–Trinajstić information content (AvgIpc) is 2.59. The summed E-state index contributed by atoms with van der Waals surface area (Å²) in [5.74, 6) is 0. The van der Waals surface area contributed by atoms with Gasteiger partial charge in [-0.15, -0.1) is 0 Å². The van der Waals surface area contributed by atoms with Crippen LogP contribution >= 0.6 is 0 Å². The van der Waals surface area contributed by atoms with Crippen molar-refractivity contribution < 1.29 is 0 Å². The van der Waals surface area contributed by atoms with Gasteiger partial charge in [-0.3, -0.25) is 5.10 Å². The third-order valence-corrected chi connectivity index (χ3v) is 2.44. The van der Waals surface area contributed by atoms with Gasteiger partial charge < -0.3 is 5.32 Å². The van der Waals surface area contributed by atoms with Crippen LogP contribution in [0, 0.1) is 0 Å². The van der Waals surface area contributed by atoms with Gasteiger partial charge in [0, 0.05) is 24.4 Å². The highest BCUT2D eigenvalue weighted by atomic mass is 15.1. The van der Waals surface area contributed by atoms with Gasteiger partial charge in [-0.1, -0.05) is 6.42 Å². The van der Waals surface area contributed by atoms with Crippen LogP contribution < -0.4 is 5.32 Å².